The quantitative estimate of drug-likeness (QED) is 0.785. The molecule has 2 nitrogen and oxygen atoms in total. The topological polar surface area (TPSA) is 21.3 Å². The molecule has 0 saturated heterocycles. The van der Waals surface area contributed by atoms with E-state index in [1.165, 1.54) is 38.5 Å². The number of hydrogen-bond donors (Lipinski definition) is 1. The first-order valence-electron chi connectivity index (χ1n) is 8.49. The number of hydrogen-bond acceptors (Lipinski definition) is 2. The minimum atomic E-state index is 0.529. The molecular formula is C17H33NO. The number of ether oxygens (including phenoxy) is 1. The van der Waals surface area contributed by atoms with Crippen molar-refractivity contribution in [2.45, 2.75) is 84.5 Å². The van der Waals surface area contributed by atoms with Crippen LogP contribution < -0.4 is 5.32 Å². The SMILES string of the molecule is CCCNC1CC(OC2CC(C)CCC2C(C)C)C1. The van der Waals surface area contributed by atoms with Crippen molar-refractivity contribution in [3.8, 4) is 0 Å². The van der Waals surface area contributed by atoms with E-state index in [-0.39, 0.29) is 0 Å². The zero-order chi connectivity index (χ0) is 13.8. The molecule has 2 fully saturated rings. The van der Waals surface area contributed by atoms with Crippen LogP contribution in [0.2, 0.25) is 0 Å². The van der Waals surface area contributed by atoms with E-state index >= 15 is 0 Å². The van der Waals surface area contributed by atoms with Crippen LogP contribution in [0, 0.1) is 17.8 Å². The second kappa shape index (κ2) is 7.08. The summed E-state index contributed by atoms with van der Waals surface area (Å²) in [7, 11) is 0. The number of nitrogens with one attached hydrogen (secondary N) is 1. The third-order valence-electron chi connectivity index (χ3n) is 5.11. The van der Waals surface area contributed by atoms with E-state index in [0.29, 0.717) is 12.2 Å². The fourth-order valence-electron chi connectivity index (χ4n) is 3.71. The summed E-state index contributed by atoms with van der Waals surface area (Å²) in [4.78, 5) is 0. The smallest absolute Gasteiger partial charge is 0.0612 e. The minimum absolute atomic E-state index is 0.529. The van der Waals surface area contributed by atoms with Crippen molar-refractivity contribution in [3.63, 3.8) is 0 Å². The van der Waals surface area contributed by atoms with Crippen LogP contribution in [0.15, 0.2) is 0 Å². The third-order valence-corrected chi connectivity index (χ3v) is 5.11. The van der Waals surface area contributed by atoms with Crippen LogP contribution in [-0.2, 0) is 4.74 Å². The maximum Gasteiger partial charge on any atom is 0.0612 e. The molecule has 1 N–H and O–H groups in total. The van der Waals surface area contributed by atoms with Gasteiger partial charge in [0.2, 0.25) is 0 Å². The maximum atomic E-state index is 6.44. The minimum Gasteiger partial charge on any atom is -0.375 e. The monoisotopic (exact) mass is 267 g/mol. The first-order valence-corrected chi connectivity index (χ1v) is 8.49. The molecule has 2 rings (SSSR count). The predicted octanol–water partition coefficient (Wildman–Crippen LogP) is 3.99. The van der Waals surface area contributed by atoms with Crippen molar-refractivity contribution in [2.75, 3.05) is 6.54 Å². The summed E-state index contributed by atoms with van der Waals surface area (Å²) >= 11 is 0. The molecule has 2 saturated carbocycles. The van der Waals surface area contributed by atoms with Crippen LogP contribution in [0.1, 0.15) is 66.2 Å². The van der Waals surface area contributed by atoms with Gasteiger partial charge in [-0.05, 0) is 56.4 Å². The van der Waals surface area contributed by atoms with Gasteiger partial charge in [-0.15, -0.1) is 0 Å². The van der Waals surface area contributed by atoms with Gasteiger partial charge in [-0.2, -0.15) is 0 Å². The molecule has 0 heterocycles. The predicted molar refractivity (Wildman–Crippen MR) is 81.3 cm³/mol. The summed E-state index contributed by atoms with van der Waals surface area (Å²) in [6.45, 7) is 10.5. The van der Waals surface area contributed by atoms with E-state index in [0.717, 1.165) is 30.3 Å². The molecule has 19 heavy (non-hydrogen) atoms. The van der Waals surface area contributed by atoms with Gasteiger partial charge in [0.25, 0.3) is 0 Å². The molecule has 2 aliphatic rings. The lowest BCUT2D eigenvalue weighted by atomic mass is 9.75. The molecular weight excluding hydrogens is 234 g/mol. The zero-order valence-corrected chi connectivity index (χ0v) is 13.3. The highest BCUT2D eigenvalue weighted by molar-refractivity contribution is 4.89. The summed E-state index contributed by atoms with van der Waals surface area (Å²) in [5.74, 6) is 2.42. The van der Waals surface area contributed by atoms with E-state index in [1.807, 2.05) is 0 Å². The van der Waals surface area contributed by atoms with Crippen LogP contribution >= 0.6 is 0 Å². The van der Waals surface area contributed by atoms with Crippen LogP contribution in [0.5, 0.6) is 0 Å². The van der Waals surface area contributed by atoms with Gasteiger partial charge in [0.05, 0.1) is 12.2 Å². The molecule has 0 radical (unpaired) electrons. The van der Waals surface area contributed by atoms with Crippen molar-refractivity contribution in [2.24, 2.45) is 17.8 Å². The Morgan fingerprint density at radius 1 is 1.16 bits per heavy atom. The summed E-state index contributed by atoms with van der Waals surface area (Å²) < 4.78 is 6.44. The Kier molecular flexibility index (Phi) is 5.70. The van der Waals surface area contributed by atoms with Gasteiger partial charge in [-0.1, -0.05) is 34.1 Å². The second-order valence-electron chi connectivity index (χ2n) is 7.25. The van der Waals surface area contributed by atoms with E-state index in [9.17, 15) is 0 Å². The van der Waals surface area contributed by atoms with E-state index in [4.69, 9.17) is 4.74 Å². The highest BCUT2D eigenvalue weighted by Gasteiger charge is 2.37. The highest BCUT2D eigenvalue weighted by Crippen LogP contribution is 2.38. The Morgan fingerprint density at radius 2 is 1.89 bits per heavy atom. The molecule has 0 aromatic rings. The maximum absolute atomic E-state index is 6.44. The summed E-state index contributed by atoms with van der Waals surface area (Å²) in [5.41, 5.74) is 0. The lowest BCUT2D eigenvalue weighted by Gasteiger charge is -2.43. The van der Waals surface area contributed by atoms with Crippen molar-refractivity contribution in [1.82, 2.24) is 5.32 Å². The molecule has 2 aliphatic carbocycles. The molecule has 0 aromatic carbocycles. The molecule has 3 unspecified atom stereocenters. The molecule has 2 heteroatoms. The third kappa shape index (κ3) is 4.19. The van der Waals surface area contributed by atoms with Crippen molar-refractivity contribution in [1.29, 1.82) is 0 Å². The molecule has 0 aromatic heterocycles. The van der Waals surface area contributed by atoms with Gasteiger partial charge >= 0.3 is 0 Å². The van der Waals surface area contributed by atoms with Gasteiger partial charge in [-0.25, -0.2) is 0 Å². The van der Waals surface area contributed by atoms with Gasteiger partial charge in [-0.3, -0.25) is 0 Å². The lowest BCUT2D eigenvalue weighted by molar-refractivity contribution is -0.114. The van der Waals surface area contributed by atoms with Gasteiger partial charge in [0, 0.05) is 6.04 Å². The first kappa shape index (κ1) is 15.3. The summed E-state index contributed by atoms with van der Waals surface area (Å²) in [6, 6.07) is 0.725. The fraction of sp³-hybridized carbons (Fsp3) is 1.00. The molecule has 0 aliphatic heterocycles. The van der Waals surface area contributed by atoms with Crippen LogP contribution in [0.4, 0.5) is 0 Å². The summed E-state index contributed by atoms with van der Waals surface area (Å²) in [5, 5.41) is 3.60. The molecule has 112 valence electrons. The average Bonchev–Trinajstić information content (AvgIpc) is 2.31. The van der Waals surface area contributed by atoms with E-state index in [2.05, 4.69) is 33.0 Å². The molecule has 0 spiro atoms. The molecule has 3 atom stereocenters. The van der Waals surface area contributed by atoms with Crippen LogP contribution in [0.3, 0.4) is 0 Å². The Balaban J connectivity index is 1.74. The average molecular weight is 267 g/mol. The van der Waals surface area contributed by atoms with Crippen LogP contribution in [-0.4, -0.2) is 24.8 Å². The fourth-order valence-corrected chi connectivity index (χ4v) is 3.71. The van der Waals surface area contributed by atoms with Crippen LogP contribution in [0.25, 0.3) is 0 Å². The molecule has 0 amide bonds. The summed E-state index contributed by atoms with van der Waals surface area (Å²) in [6.07, 6.45) is 8.81. The van der Waals surface area contributed by atoms with E-state index in [1.54, 1.807) is 0 Å². The number of rotatable bonds is 6. The first-order chi connectivity index (χ1) is 9.10. The van der Waals surface area contributed by atoms with Crippen molar-refractivity contribution < 1.29 is 4.74 Å². The Morgan fingerprint density at radius 3 is 2.53 bits per heavy atom. The Bertz CT molecular complexity index is 260. The van der Waals surface area contributed by atoms with Gasteiger partial charge in [0.1, 0.15) is 0 Å². The normalized spacial score (nSPS) is 39.3. The standard InChI is InChI=1S/C17H33NO/c1-5-8-18-14-10-15(11-14)19-17-9-13(4)6-7-16(17)12(2)3/h12-18H,5-11H2,1-4H3. The second-order valence-corrected chi connectivity index (χ2v) is 7.25. The van der Waals surface area contributed by atoms with Gasteiger partial charge < -0.3 is 10.1 Å². The Labute approximate surface area is 119 Å². The zero-order valence-electron chi connectivity index (χ0n) is 13.3. The lowest BCUT2D eigenvalue weighted by Crippen LogP contribution is -2.48. The van der Waals surface area contributed by atoms with Crippen molar-refractivity contribution in [3.05, 3.63) is 0 Å². The highest BCUT2D eigenvalue weighted by atomic mass is 16.5. The Hall–Kier alpha value is -0.0800. The molecule has 0 bridgehead atoms. The van der Waals surface area contributed by atoms with Gasteiger partial charge in [0.15, 0.2) is 0 Å². The van der Waals surface area contributed by atoms with Crippen molar-refractivity contribution >= 4 is 0 Å². The largest absolute Gasteiger partial charge is 0.375 e. The van der Waals surface area contributed by atoms with E-state index < -0.39 is 0 Å².